The Morgan fingerprint density at radius 2 is 1.68 bits per heavy atom. The van der Waals surface area contributed by atoms with Crippen molar-refractivity contribution in [3.8, 4) is 5.88 Å². The molecule has 2 fully saturated rings. The summed E-state index contributed by atoms with van der Waals surface area (Å²) in [4.78, 5) is 52.9. The maximum Gasteiger partial charge on any atom is 0.407 e. The van der Waals surface area contributed by atoms with Crippen molar-refractivity contribution in [2.75, 3.05) is 57.8 Å². The Morgan fingerprint density at radius 3 is 2.32 bits per heavy atom. The molecule has 2 amide bonds. The number of anilines is 1. The summed E-state index contributed by atoms with van der Waals surface area (Å²) < 4.78 is 24.9. The van der Waals surface area contributed by atoms with Gasteiger partial charge < -0.3 is 29.3 Å². The molecule has 0 spiro atoms. The molecule has 12 nitrogen and oxygen atoms in total. The number of aromatic nitrogens is 1. The van der Waals surface area contributed by atoms with Crippen LogP contribution in [0.5, 0.6) is 5.88 Å². The predicted molar refractivity (Wildman–Crippen MR) is 174 cm³/mol. The summed E-state index contributed by atoms with van der Waals surface area (Å²) in [6.45, 7) is 13.0. The lowest BCUT2D eigenvalue weighted by Gasteiger charge is -2.49. The van der Waals surface area contributed by atoms with Gasteiger partial charge in [0.2, 0.25) is 11.8 Å². The summed E-state index contributed by atoms with van der Waals surface area (Å²) in [5.41, 5.74) is 2.58. The third-order valence-electron chi connectivity index (χ3n) is 9.53. The molecule has 0 bridgehead atoms. The minimum Gasteiger partial charge on any atom is -0.474 e. The van der Waals surface area contributed by atoms with Crippen LogP contribution in [0.4, 0.5) is 14.9 Å². The molecule has 0 radical (unpaired) electrons. The SMILES string of the molecule is CC(=O)OCc1nc2c(cc1Cc1ccc(F)cc1)N(C(=O)CN1C[C@@H](C)N(C(=O)O)C[C@@H]1CN1[C@H](C)CN(C)C[C@H]1C)C(C)CO2. The molecule has 13 heteroatoms. The first-order valence-electron chi connectivity index (χ1n) is 16.3. The van der Waals surface area contributed by atoms with Crippen LogP contribution < -0.4 is 9.64 Å². The van der Waals surface area contributed by atoms with Gasteiger partial charge in [0, 0.05) is 63.8 Å². The third-order valence-corrected chi connectivity index (χ3v) is 9.53. The van der Waals surface area contributed by atoms with E-state index in [2.05, 4.69) is 35.6 Å². The molecule has 47 heavy (non-hydrogen) atoms. The molecule has 1 unspecified atom stereocenters. The zero-order valence-electron chi connectivity index (χ0n) is 28.2. The zero-order chi connectivity index (χ0) is 34.0. The van der Waals surface area contributed by atoms with Gasteiger partial charge in [0.25, 0.3) is 0 Å². The zero-order valence-corrected chi connectivity index (χ0v) is 28.2. The summed E-state index contributed by atoms with van der Waals surface area (Å²) in [6.07, 6.45) is -0.570. The fraction of sp³-hybridized carbons (Fsp3) is 0.588. The molecule has 256 valence electrons. The smallest absolute Gasteiger partial charge is 0.407 e. The van der Waals surface area contributed by atoms with Crippen LogP contribution in [0.3, 0.4) is 0 Å². The van der Waals surface area contributed by atoms with E-state index in [0.717, 1.165) is 24.2 Å². The number of esters is 1. The Balaban J connectivity index is 1.43. The number of piperazine rings is 2. The fourth-order valence-corrected chi connectivity index (χ4v) is 7.22. The van der Waals surface area contributed by atoms with Crippen LogP contribution in [0.2, 0.25) is 0 Å². The lowest BCUT2D eigenvalue weighted by Crippen LogP contribution is -2.66. The van der Waals surface area contributed by atoms with Gasteiger partial charge in [-0.2, -0.15) is 0 Å². The molecule has 2 saturated heterocycles. The monoisotopic (exact) mass is 654 g/mol. The van der Waals surface area contributed by atoms with Crippen molar-refractivity contribution in [3.05, 3.63) is 53.0 Å². The number of likely N-dealkylation sites (N-methyl/N-ethyl adjacent to an activating group) is 1. The molecular formula is C34H47FN6O6. The summed E-state index contributed by atoms with van der Waals surface area (Å²) in [5.74, 6) is -0.646. The molecular weight excluding hydrogens is 607 g/mol. The second kappa shape index (κ2) is 14.5. The number of rotatable bonds is 8. The van der Waals surface area contributed by atoms with Crippen LogP contribution in [0.15, 0.2) is 30.3 Å². The molecule has 0 saturated carbocycles. The number of carbonyl (C=O) groups is 3. The molecule has 5 rings (SSSR count). The van der Waals surface area contributed by atoms with E-state index in [4.69, 9.17) is 14.5 Å². The second-order valence-corrected chi connectivity index (χ2v) is 13.4. The van der Waals surface area contributed by atoms with Gasteiger partial charge in [-0.05, 0) is 70.5 Å². The van der Waals surface area contributed by atoms with E-state index in [-0.39, 0.29) is 67.6 Å². The maximum atomic E-state index is 14.3. The van der Waals surface area contributed by atoms with Crippen LogP contribution >= 0.6 is 0 Å². The Labute approximate surface area is 276 Å². The number of hydrogen-bond acceptors (Lipinski definition) is 9. The molecule has 1 N–H and O–H groups in total. The largest absolute Gasteiger partial charge is 0.474 e. The number of fused-ring (bicyclic) bond motifs is 1. The molecule has 2 aromatic rings. The van der Waals surface area contributed by atoms with Crippen molar-refractivity contribution in [1.82, 2.24) is 24.6 Å². The van der Waals surface area contributed by atoms with Crippen molar-refractivity contribution in [1.29, 1.82) is 0 Å². The first-order valence-corrected chi connectivity index (χ1v) is 16.3. The van der Waals surface area contributed by atoms with Crippen molar-refractivity contribution in [2.45, 2.75) is 77.9 Å². The number of ether oxygens (including phenoxy) is 2. The summed E-state index contributed by atoms with van der Waals surface area (Å²) >= 11 is 0. The van der Waals surface area contributed by atoms with Crippen LogP contribution in [0.25, 0.3) is 0 Å². The highest BCUT2D eigenvalue weighted by atomic mass is 19.1. The third kappa shape index (κ3) is 8.02. The second-order valence-electron chi connectivity index (χ2n) is 13.4. The standard InChI is InChI=1S/C34H47FN6O6/c1-21-13-37(6)14-22(2)39(21)16-29-17-40(34(44)45)23(3)15-38(29)18-32(43)41-24(4)19-47-33-31(41)12-27(30(36-33)20-46-25(5)42)11-26-7-9-28(35)10-8-26/h7-10,12,21-24,29H,11,13-20H2,1-6H3,(H,44,45)/t21-,22-,23-,24?,29+/m1/s1. The van der Waals surface area contributed by atoms with E-state index < -0.39 is 12.1 Å². The van der Waals surface area contributed by atoms with Gasteiger partial charge in [-0.25, -0.2) is 14.2 Å². The van der Waals surface area contributed by atoms with Gasteiger partial charge in [0.05, 0.1) is 18.3 Å². The molecule has 3 aliphatic heterocycles. The minimum absolute atomic E-state index is 0.0669. The minimum atomic E-state index is -0.951. The number of hydrogen-bond donors (Lipinski definition) is 1. The fourth-order valence-electron chi connectivity index (χ4n) is 7.22. The summed E-state index contributed by atoms with van der Waals surface area (Å²) in [7, 11) is 2.12. The topological polar surface area (TPSA) is 119 Å². The lowest BCUT2D eigenvalue weighted by atomic mass is 10.0. The molecule has 3 aliphatic rings. The van der Waals surface area contributed by atoms with E-state index >= 15 is 0 Å². The average Bonchev–Trinajstić information content (AvgIpc) is 2.99. The Bertz CT molecular complexity index is 1450. The van der Waals surface area contributed by atoms with Gasteiger partial charge >= 0.3 is 12.1 Å². The van der Waals surface area contributed by atoms with Gasteiger partial charge in [-0.15, -0.1) is 0 Å². The van der Waals surface area contributed by atoms with E-state index in [1.807, 2.05) is 19.9 Å². The Kier molecular flexibility index (Phi) is 10.7. The number of pyridine rings is 1. The van der Waals surface area contributed by atoms with Crippen LogP contribution in [-0.2, 0) is 27.4 Å². The number of benzene rings is 1. The van der Waals surface area contributed by atoms with Gasteiger partial charge in [-0.1, -0.05) is 12.1 Å². The van der Waals surface area contributed by atoms with Crippen molar-refractivity contribution >= 4 is 23.7 Å². The normalized spacial score (nSPS) is 25.6. The Hall–Kier alpha value is -3.81. The van der Waals surface area contributed by atoms with Crippen molar-refractivity contribution < 1.29 is 33.4 Å². The first kappa shape index (κ1) is 34.5. The molecule has 1 aromatic heterocycles. The van der Waals surface area contributed by atoms with Crippen LogP contribution in [-0.4, -0.2) is 131 Å². The van der Waals surface area contributed by atoms with Crippen LogP contribution in [0, 0.1) is 5.82 Å². The number of nitrogens with zero attached hydrogens (tertiary/aromatic N) is 6. The quantitative estimate of drug-likeness (QED) is 0.426. The number of carbonyl (C=O) groups excluding carboxylic acids is 2. The van der Waals surface area contributed by atoms with Crippen molar-refractivity contribution in [2.24, 2.45) is 0 Å². The number of amides is 2. The van der Waals surface area contributed by atoms with E-state index in [9.17, 15) is 23.9 Å². The van der Waals surface area contributed by atoms with Crippen molar-refractivity contribution in [3.63, 3.8) is 0 Å². The summed E-state index contributed by atoms with van der Waals surface area (Å²) in [5, 5.41) is 9.97. The lowest BCUT2D eigenvalue weighted by molar-refractivity contribution is -0.142. The van der Waals surface area contributed by atoms with Gasteiger partial charge in [0.1, 0.15) is 24.7 Å². The van der Waals surface area contributed by atoms with Gasteiger partial charge in [0.15, 0.2) is 0 Å². The first-order chi connectivity index (χ1) is 22.3. The van der Waals surface area contributed by atoms with Gasteiger partial charge in [-0.3, -0.25) is 19.4 Å². The van der Waals surface area contributed by atoms with E-state index in [0.29, 0.717) is 37.4 Å². The number of carboxylic acid groups (broad SMARTS) is 1. The molecule has 1 aromatic carbocycles. The highest BCUT2D eigenvalue weighted by molar-refractivity contribution is 5.97. The molecule has 5 atom stereocenters. The molecule has 4 heterocycles. The van der Waals surface area contributed by atoms with E-state index in [1.165, 1.54) is 24.0 Å². The average molecular weight is 655 g/mol. The number of halogens is 1. The highest BCUT2D eigenvalue weighted by Crippen LogP contribution is 2.36. The predicted octanol–water partition coefficient (Wildman–Crippen LogP) is 3.07. The maximum absolute atomic E-state index is 14.3. The van der Waals surface area contributed by atoms with Crippen LogP contribution in [0.1, 0.15) is 51.4 Å². The van der Waals surface area contributed by atoms with E-state index in [1.54, 1.807) is 17.0 Å². The Morgan fingerprint density at radius 1 is 1.00 bits per heavy atom. The summed E-state index contributed by atoms with van der Waals surface area (Å²) in [6, 6.07) is 7.85. The highest BCUT2D eigenvalue weighted by Gasteiger charge is 2.40. The molecule has 0 aliphatic carbocycles.